The Hall–Kier alpha value is -0.110. The number of aliphatic hydroxyl groups is 1. The quantitative estimate of drug-likeness (QED) is 0.832. The Labute approximate surface area is 86.5 Å². The smallest absolute Gasteiger partial charge is 0.131 e. The van der Waals surface area contributed by atoms with Crippen molar-refractivity contribution in [2.45, 2.75) is 5.85 Å². The number of hydrogen-bond donors (Lipinski definition) is 1. The summed E-state index contributed by atoms with van der Waals surface area (Å²) >= 11 is 3.29. The second kappa shape index (κ2) is 3.95. The maximum absolute atomic E-state index is 11.5. The van der Waals surface area contributed by atoms with Gasteiger partial charge in [0.05, 0.1) is 0 Å². The molecule has 0 heterocycles. The number of rotatable bonds is 2. The maximum atomic E-state index is 11.5. The highest BCUT2D eigenvalue weighted by Crippen LogP contribution is 2.50. The van der Waals surface area contributed by atoms with Crippen molar-refractivity contribution in [2.75, 3.05) is 13.3 Å². The first kappa shape index (κ1) is 11.0. The highest BCUT2D eigenvalue weighted by atomic mass is 79.9. The summed E-state index contributed by atoms with van der Waals surface area (Å²) in [5, 5.41) is 9.67. The normalized spacial score (nSPS) is 14.2. The van der Waals surface area contributed by atoms with Crippen LogP contribution < -0.4 is 0 Å². The molecule has 0 aliphatic heterocycles. The summed E-state index contributed by atoms with van der Waals surface area (Å²) in [4.78, 5) is 0. The van der Waals surface area contributed by atoms with Gasteiger partial charge in [-0.15, -0.1) is 0 Å². The Morgan fingerprint density at radius 1 is 1.31 bits per heavy atom. The Morgan fingerprint density at radius 2 is 1.77 bits per heavy atom. The summed E-state index contributed by atoms with van der Waals surface area (Å²) in [5.74, 6) is -0.847. The molecule has 0 spiro atoms. The number of aliphatic hydroxyl groups excluding tert-OH is 1. The summed E-state index contributed by atoms with van der Waals surface area (Å²) in [6, 6.07) is 7.20. The van der Waals surface area contributed by atoms with Crippen molar-refractivity contribution in [3.63, 3.8) is 0 Å². The molecule has 0 saturated heterocycles. The van der Waals surface area contributed by atoms with Gasteiger partial charge < -0.3 is 9.67 Å². The highest BCUT2D eigenvalue weighted by Gasteiger charge is 2.21. The molecule has 0 bridgehead atoms. The molecular formula is C9H12BrO2P. The molecule has 0 aliphatic carbocycles. The molecule has 0 radical (unpaired) electrons. The molecular weight excluding hydrogens is 251 g/mol. The Bertz CT molecular complexity index is 328. The third-order valence-electron chi connectivity index (χ3n) is 1.76. The molecule has 1 atom stereocenters. The van der Waals surface area contributed by atoms with Gasteiger partial charge in [0.2, 0.25) is 0 Å². The lowest BCUT2D eigenvalue weighted by atomic mass is 10.2. The fourth-order valence-corrected chi connectivity index (χ4v) is 2.15. The van der Waals surface area contributed by atoms with Crippen LogP contribution in [0.2, 0.25) is 0 Å². The first-order chi connectivity index (χ1) is 5.91. The van der Waals surface area contributed by atoms with Crippen LogP contribution in [0, 0.1) is 0 Å². The summed E-state index contributed by atoms with van der Waals surface area (Å²) in [5.41, 5.74) is 0.705. The fourth-order valence-electron chi connectivity index (χ4n) is 0.994. The van der Waals surface area contributed by atoms with Gasteiger partial charge in [-0.1, -0.05) is 28.1 Å². The van der Waals surface area contributed by atoms with Crippen molar-refractivity contribution < 1.29 is 9.67 Å². The van der Waals surface area contributed by atoms with Gasteiger partial charge in [-0.05, 0) is 31.0 Å². The second-order valence-electron chi connectivity index (χ2n) is 3.36. The Kier molecular flexibility index (Phi) is 3.33. The lowest BCUT2D eigenvalue weighted by Gasteiger charge is -2.15. The predicted octanol–water partition coefficient (Wildman–Crippen LogP) is 3.06. The van der Waals surface area contributed by atoms with Gasteiger partial charge >= 0.3 is 0 Å². The molecule has 1 aromatic rings. The van der Waals surface area contributed by atoms with Gasteiger partial charge in [0.15, 0.2) is 0 Å². The highest BCUT2D eigenvalue weighted by molar-refractivity contribution is 9.10. The lowest BCUT2D eigenvalue weighted by Crippen LogP contribution is -1.96. The summed E-state index contributed by atoms with van der Waals surface area (Å²) in [6.07, 6.45) is 0. The van der Waals surface area contributed by atoms with E-state index in [4.69, 9.17) is 0 Å². The van der Waals surface area contributed by atoms with Crippen LogP contribution >= 0.6 is 23.1 Å². The summed E-state index contributed by atoms with van der Waals surface area (Å²) in [6.45, 7) is 3.17. The fraction of sp³-hybridized carbons (Fsp3) is 0.333. The molecule has 4 heteroatoms. The van der Waals surface area contributed by atoms with Crippen molar-refractivity contribution in [3.8, 4) is 0 Å². The van der Waals surface area contributed by atoms with E-state index >= 15 is 0 Å². The average Bonchev–Trinajstić information content (AvgIpc) is 2.03. The minimum atomic E-state index is -2.45. The monoisotopic (exact) mass is 262 g/mol. The molecule has 0 aromatic heterocycles. The van der Waals surface area contributed by atoms with Crippen LogP contribution in [0.4, 0.5) is 0 Å². The van der Waals surface area contributed by atoms with Crippen LogP contribution in [-0.2, 0) is 4.57 Å². The minimum Gasteiger partial charge on any atom is -0.381 e. The van der Waals surface area contributed by atoms with E-state index in [9.17, 15) is 9.67 Å². The van der Waals surface area contributed by atoms with Crippen LogP contribution in [0.3, 0.4) is 0 Å². The topological polar surface area (TPSA) is 37.3 Å². The number of hydrogen-bond acceptors (Lipinski definition) is 2. The van der Waals surface area contributed by atoms with Crippen LogP contribution in [0.15, 0.2) is 28.7 Å². The Morgan fingerprint density at radius 3 is 2.15 bits per heavy atom. The molecule has 1 unspecified atom stereocenters. The van der Waals surface area contributed by atoms with Gasteiger partial charge in [0.1, 0.15) is 13.0 Å². The van der Waals surface area contributed by atoms with E-state index in [0.29, 0.717) is 5.56 Å². The molecule has 13 heavy (non-hydrogen) atoms. The van der Waals surface area contributed by atoms with E-state index in [-0.39, 0.29) is 0 Å². The number of benzene rings is 1. The maximum Gasteiger partial charge on any atom is 0.131 e. The second-order valence-corrected chi connectivity index (χ2v) is 7.63. The van der Waals surface area contributed by atoms with Crippen molar-refractivity contribution in [1.29, 1.82) is 0 Å². The molecule has 2 nitrogen and oxygen atoms in total. The molecule has 0 fully saturated rings. The molecule has 72 valence electrons. The zero-order valence-electron chi connectivity index (χ0n) is 7.57. The van der Waals surface area contributed by atoms with E-state index in [1.54, 1.807) is 25.5 Å². The van der Waals surface area contributed by atoms with Gasteiger partial charge in [-0.2, -0.15) is 0 Å². The SMILES string of the molecule is CP(C)(=O)C(O)c1ccc(Br)cc1. The first-order valence-electron chi connectivity index (χ1n) is 3.89. The van der Waals surface area contributed by atoms with Gasteiger partial charge in [0.25, 0.3) is 0 Å². The van der Waals surface area contributed by atoms with Gasteiger partial charge in [0, 0.05) is 4.47 Å². The molecule has 0 saturated carbocycles. The molecule has 0 amide bonds. The average molecular weight is 263 g/mol. The van der Waals surface area contributed by atoms with Crippen LogP contribution in [0.1, 0.15) is 11.4 Å². The zero-order valence-corrected chi connectivity index (χ0v) is 10.0. The summed E-state index contributed by atoms with van der Waals surface area (Å²) < 4.78 is 12.5. The predicted molar refractivity (Wildman–Crippen MR) is 58.6 cm³/mol. The van der Waals surface area contributed by atoms with Crippen LogP contribution in [-0.4, -0.2) is 18.4 Å². The molecule has 1 N–H and O–H groups in total. The van der Waals surface area contributed by atoms with Crippen molar-refractivity contribution in [3.05, 3.63) is 34.3 Å². The van der Waals surface area contributed by atoms with Crippen molar-refractivity contribution in [2.24, 2.45) is 0 Å². The lowest BCUT2D eigenvalue weighted by molar-refractivity contribution is 0.255. The van der Waals surface area contributed by atoms with Crippen molar-refractivity contribution in [1.82, 2.24) is 0 Å². The van der Waals surface area contributed by atoms with Crippen LogP contribution in [0.25, 0.3) is 0 Å². The van der Waals surface area contributed by atoms with E-state index in [2.05, 4.69) is 15.9 Å². The number of halogens is 1. The van der Waals surface area contributed by atoms with Gasteiger partial charge in [-0.3, -0.25) is 0 Å². The van der Waals surface area contributed by atoms with Crippen molar-refractivity contribution >= 4 is 23.1 Å². The first-order valence-corrected chi connectivity index (χ1v) is 7.36. The third kappa shape index (κ3) is 2.94. The van der Waals surface area contributed by atoms with E-state index in [1.165, 1.54) is 0 Å². The van der Waals surface area contributed by atoms with Gasteiger partial charge in [-0.25, -0.2) is 0 Å². The van der Waals surface area contributed by atoms with Crippen LogP contribution in [0.5, 0.6) is 0 Å². The van der Waals surface area contributed by atoms with E-state index in [0.717, 1.165) is 4.47 Å². The molecule has 0 aliphatic rings. The largest absolute Gasteiger partial charge is 0.381 e. The standard InChI is InChI=1S/C9H12BrO2P/c1-13(2,12)9(11)7-3-5-8(10)6-4-7/h3-6,9,11H,1-2H3. The summed E-state index contributed by atoms with van der Waals surface area (Å²) in [7, 11) is -2.45. The van der Waals surface area contributed by atoms with E-state index < -0.39 is 13.0 Å². The molecule has 1 aromatic carbocycles. The zero-order chi connectivity index (χ0) is 10.1. The third-order valence-corrected chi connectivity index (χ3v) is 3.76. The van der Waals surface area contributed by atoms with E-state index in [1.807, 2.05) is 12.1 Å². The molecule has 1 rings (SSSR count). The Balaban J connectivity index is 2.97. The minimum absolute atomic E-state index is 0.705.